The Morgan fingerprint density at radius 1 is 1.39 bits per heavy atom. The minimum absolute atomic E-state index is 0.0251. The molecule has 2 rings (SSSR count). The minimum Gasteiger partial charge on any atom is -0.339 e. The molecule has 1 aliphatic carbocycles. The van der Waals surface area contributed by atoms with Crippen LogP contribution < -0.4 is 5.73 Å². The van der Waals surface area contributed by atoms with Gasteiger partial charge >= 0.3 is 6.18 Å². The van der Waals surface area contributed by atoms with E-state index < -0.39 is 17.8 Å². The molecule has 1 fully saturated rings. The van der Waals surface area contributed by atoms with E-state index in [1.807, 2.05) is 0 Å². The third kappa shape index (κ3) is 3.86. The van der Waals surface area contributed by atoms with Crippen molar-refractivity contribution in [3.05, 3.63) is 35.4 Å². The van der Waals surface area contributed by atoms with Crippen LogP contribution >= 0.6 is 0 Å². The maximum absolute atomic E-state index is 12.8. The fraction of sp³-hybridized carbons (Fsp3) is 0.588. The molecule has 1 amide bonds. The Kier molecular flexibility index (Phi) is 5.34. The van der Waals surface area contributed by atoms with E-state index in [1.165, 1.54) is 6.07 Å². The molecule has 0 aliphatic heterocycles. The normalized spacial score (nSPS) is 22.9. The summed E-state index contributed by atoms with van der Waals surface area (Å²) in [6, 6.07) is 4.75. The van der Waals surface area contributed by atoms with E-state index >= 15 is 0 Å². The zero-order chi connectivity index (χ0) is 17.2. The van der Waals surface area contributed by atoms with Gasteiger partial charge in [-0.05, 0) is 49.9 Å². The van der Waals surface area contributed by atoms with Gasteiger partial charge in [-0.1, -0.05) is 18.6 Å². The fourth-order valence-corrected chi connectivity index (χ4v) is 3.29. The van der Waals surface area contributed by atoms with Crippen LogP contribution in [0.1, 0.15) is 43.4 Å². The molecule has 1 aliphatic rings. The molecular formula is C17H23F3N2O. The Labute approximate surface area is 134 Å². The van der Waals surface area contributed by atoms with Crippen molar-refractivity contribution >= 4 is 5.91 Å². The van der Waals surface area contributed by atoms with Gasteiger partial charge in [-0.25, -0.2) is 0 Å². The van der Waals surface area contributed by atoms with E-state index in [-0.39, 0.29) is 17.7 Å². The van der Waals surface area contributed by atoms with Crippen LogP contribution in [0.15, 0.2) is 24.3 Å². The molecule has 1 aromatic carbocycles. The first-order valence-corrected chi connectivity index (χ1v) is 7.89. The lowest BCUT2D eigenvalue weighted by Gasteiger charge is -2.30. The zero-order valence-electron chi connectivity index (χ0n) is 13.4. The van der Waals surface area contributed by atoms with Crippen LogP contribution in [0.4, 0.5) is 13.2 Å². The highest BCUT2D eigenvalue weighted by Crippen LogP contribution is 2.35. The smallest absolute Gasteiger partial charge is 0.339 e. The van der Waals surface area contributed by atoms with Crippen molar-refractivity contribution in [2.45, 2.75) is 38.4 Å². The second-order valence-corrected chi connectivity index (χ2v) is 6.28. The highest BCUT2D eigenvalue weighted by Gasteiger charge is 2.35. The number of alkyl halides is 3. The minimum atomic E-state index is -4.38. The first kappa shape index (κ1) is 17.8. The molecule has 1 unspecified atom stereocenters. The number of nitrogens with zero attached hydrogens (tertiary/aromatic N) is 1. The Morgan fingerprint density at radius 2 is 2.09 bits per heavy atom. The number of nitrogens with two attached hydrogens (primary N) is 1. The van der Waals surface area contributed by atoms with E-state index in [2.05, 4.69) is 0 Å². The van der Waals surface area contributed by atoms with Crippen molar-refractivity contribution in [2.24, 2.45) is 17.6 Å². The summed E-state index contributed by atoms with van der Waals surface area (Å²) in [4.78, 5) is 14.2. The van der Waals surface area contributed by atoms with Gasteiger partial charge in [-0.15, -0.1) is 0 Å². The molecule has 128 valence electrons. The van der Waals surface area contributed by atoms with Gasteiger partial charge in [0.1, 0.15) is 0 Å². The first-order chi connectivity index (χ1) is 10.8. The van der Waals surface area contributed by atoms with Crippen molar-refractivity contribution in [1.82, 2.24) is 4.90 Å². The van der Waals surface area contributed by atoms with Gasteiger partial charge in [0.15, 0.2) is 0 Å². The zero-order valence-corrected chi connectivity index (χ0v) is 13.4. The molecule has 23 heavy (non-hydrogen) atoms. The lowest BCUT2D eigenvalue weighted by atomic mass is 9.93. The predicted molar refractivity (Wildman–Crippen MR) is 82.5 cm³/mol. The van der Waals surface area contributed by atoms with Gasteiger partial charge < -0.3 is 10.6 Å². The summed E-state index contributed by atoms with van der Waals surface area (Å²) < 4.78 is 38.5. The van der Waals surface area contributed by atoms with Gasteiger partial charge in [0.05, 0.1) is 11.6 Å². The number of rotatable bonds is 4. The third-order valence-corrected chi connectivity index (χ3v) is 4.90. The average molecular weight is 328 g/mol. The topological polar surface area (TPSA) is 46.3 Å². The molecule has 6 heteroatoms. The lowest BCUT2D eigenvalue weighted by Crippen LogP contribution is -2.38. The van der Waals surface area contributed by atoms with Crippen molar-refractivity contribution in [2.75, 3.05) is 13.6 Å². The maximum Gasteiger partial charge on any atom is 0.416 e. The fourth-order valence-electron chi connectivity index (χ4n) is 3.29. The standard InChI is InChI=1S/C17H23F3N2O/c1-11(12-5-3-7-14(9-12)17(18,19)20)22(2)16(23)15-8-4-6-13(15)10-21/h3,5,7,9,11,13,15H,4,6,8,10,21H2,1-2H3/t11?,13-,15-/m1/s1. The number of carbonyl (C=O) groups excluding carboxylic acids is 1. The average Bonchev–Trinajstić information content (AvgIpc) is 3.00. The largest absolute Gasteiger partial charge is 0.416 e. The molecule has 0 spiro atoms. The van der Waals surface area contributed by atoms with Gasteiger partial charge in [0.2, 0.25) is 5.91 Å². The van der Waals surface area contributed by atoms with Crippen molar-refractivity contribution in [1.29, 1.82) is 0 Å². The van der Waals surface area contributed by atoms with Crippen molar-refractivity contribution in [3.8, 4) is 0 Å². The molecular weight excluding hydrogens is 305 g/mol. The summed E-state index contributed by atoms with van der Waals surface area (Å²) in [5, 5.41) is 0. The molecule has 3 nitrogen and oxygen atoms in total. The van der Waals surface area contributed by atoms with Crippen LogP contribution in [0, 0.1) is 11.8 Å². The summed E-state index contributed by atoms with van der Waals surface area (Å²) >= 11 is 0. The van der Waals surface area contributed by atoms with E-state index in [9.17, 15) is 18.0 Å². The first-order valence-electron chi connectivity index (χ1n) is 7.89. The molecule has 2 N–H and O–H groups in total. The molecule has 0 aromatic heterocycles. The highest BCUT2D eigenvalue weighted by atomic mass is 19.4. The highest BCUT2D eigenvalue weighted by molar-refractivity contribution is 5.79. The van der Waals surface area contributed by atoms with E-state index in [0.717, 1.165) is 31.4 Å². The summed E-state index contributed by atoms with van der Waals surface area (Å²) in [6.07, 6.45) is -1.66. The number of halogens is 3. The third-order valence-electron chi connectivity index (χ3n) is 4.90. The Bertz CT molecular complexity index is 559. The number of amides is 1. The molecule has 1 aromatic rings. The Morgan fingerprint density at radius 3 is 2.70 bits per heavy atom. The van der Waals surface area contributed by atoms with E-state index in [0.29, 0.717) is 12.1 Å². The van der Waals surface area contributed by atoms with Gasteiger partial charge in [-0.3, -0.25) is 4.79 Å². The van der Waals surface area contributed by atoms with Crippen molar-refractivity contribution < 1.29 is 18.0 Å². The molecule has 1 saturated carbocycles. The second-order valence-electron chi connectivity index (χ2n) is 6.28. The van der Waals surface area contributed by atoms with Crippen molar-refractivity contribution in [3.63, 3.8) is 0 Å². The molecule has 3 atom stereocenters. The van der Waals surface area contributed by atoms with E-state index in [1.54, 1.807) is 24.9 Å². The van der Waals surface area contributed by atoms with Gasteiger partial charge in [0, 0.05) is 13.0 Å². The quantitative estimate of drug-likeness (QED) is 0.918. The molecule has 0 bridgehead atoms. The van der Waals surface area contributed by atoms with Crippen LogP contribution in [0.3, 0.4) is 0 Å². The van der Waals surface area contributed by atoms with Crippen LogP contribution in [0.5, 0.6) is 0 Å². The van der Waals surface area contributed by atoms with Crippen LogP contribution in [0.2, 0.25) is 0 Å². The Hall–Kier alpha value is -1.56. The Balaban J connectivity index is 2.16. The summed E-state index contributed by atoms with van der Waals surface area (Å²) in [7, 11) is 1.65. The van der Waals surface area contributed by atoms with Gasteiger partial charge in [-0.2, -0.15) is 13.2 Å². The SMILES string of the molecule is CC(c1cccc(C(F)(F)F)c1)N(C)C(=O)[C@@H]1CCC[C@@H]1CN. The summed E-state index contributed by atoms with van der Waals surface area (Å²) in [5.74, 6) is 0.0415. The van der Waals surface area contributed by atoms with Crippen LogP contribution in [-0.2, 0) is 11.0 Å². The monoisotopic (exact) mass is 328 g/mol. The summed E-state index contributed by atoms with van der Waals surface area (Å²) in [6.45, 7) is 2.22. The molecule has 0 saturated heterocycles. The molecule has 0 heterocycles. The van der Waals surface area contributed by atoms with Crippen LogP contribution in [-0.4, -0.2) is 24.4 Å². The number of hydrogen-bond donors (Lipinski definition) is 1. The molecule has 0 radical (unpaired) electrons. The second kappa shape index (κ2) is 6.91. The lowest BCUT2D eigenvalue weighted by molar-refractivity contribution is -0.137. The predicted octanol–water partition coefficient (Wildman–Crippen LogP) is 3.60. The number of carbonyl (C=O) groups is 1. The van der Waals surface area contributed by atoms with E-state index in [4.69, 9.17) is 5.73 Å². The van der Waals surface area contributed by atoms with Crippen LogP contribution in [0.25, 0.3) is 0 Å². The number of benzene rings is 1. The van der Waals surface area contributed by atoms with Gasteiger partial charge in [0.25, 0.3) is 0 Å². The summed E-state index contributed by atoms with van der Waals surface area (Å²) in [5.41, 5.74) is 5.51. The maximum atomic E-state index is 12.8. The number of hydrogen-bond acceptors (Lipinski definition) is 2.